The van der Waals surface area contributed by atoms with Crippen LogP contribution in [0.2, 0.25) is 5.02 Å². The summed E-state index contributed by atoms with van der Waals surface area (Å²) in [6, 6.07) is 10.6. The van der Waals surface area contributed by atoms with Gasteiger partial charge in [-0.25, -0.2) is 0 Å². The van der Waals surface area contributed by atoms with Crippen molar-refractivity contribution in [2.24, 2.45) is 0 Å². The van der Waals surface area contributed by atoms with Crippen LogP contribution in [-0.2, 0) is 16.1 Å². The molecule has 7 nitrogen and oxygen atoms in total. The quantitative estimate of drug-likeness (QED) is 0.308. The minimum Gasteiger partial charge on any atom is -0.354 e. The molecule has 2 aromatic rings. The van der Waals surface area contributed by atoms with Crippen molar-refractivity contribution in [1.29, 1.82) is 0 Å². The Labute approximate surface area is 196 Å². The monoisotopic (exact) mass is 475 g/mol. The Kier molecular flexibility index (Phi) is 8.53. The Balaban J connectivity index is 1.95. The number of hydrogen-bond acceptors (Lipinski definition) is 5. The van der Waals surface area contributed by atoms with Crippen molar-refractivity contribution in [3.05, 3.63) is 68.7 Å². The fourth-order valence-corrected chi connectivity index (χ4v) is 4.71. The second-order valence-electron chi connectivity index (χ2n) is 7.67. The van der Waals surface area contributed by atoms with Crippen LogP contribution in [0.15, 0.2) is 47.4 Å². The third kappa shape index (κ3) is 6.01. The summed E-state index contributed by atoms with van der Waals surface area (Å²) in [5.41, 5.74) is 1.20. The van der Waals surface area contributed by atoms with Gasteiger partial charge in [-0.1, -0.05) is 49.9 Å². The molecular weight excluding hydrogens is 450 g/mol. The normalized spacial score (nSPS) is 15.8. The van der Waals surface area contributed by atoms with Gasteiger partial charge in [0.15, 0.2) is 0 Å². The number of non-ortho nitro benzene ring substituents is 1. The van der Waals surface area contributed by atoms with Gasteiger partial charge in [0.2, 0.25) is 11.8 Å². The van der Waals surface area contributed by atoms with Crippen molar-refractivity contribution in [1.82, 2.24) is 10.2 Å². The molecule has 1 heterocycles. The van der Waals surface area contributed by atoms with Crippen molar-refractivity contribution in [2.45, 2.75) is 50.1 Å². The van der Waals surface area contributed by atoms with E-state index in [1.807, 2.05) is 12.1 Å². The first kappa shape index (κ1) is 24.1. The average molecular weight is 476 g/mol. The lowest BCUT2D eigenvalue weighted by Gasteiger charge is -2.30. The summed E-state index contributed by atoms with van der Waals surface area (Å²) in [5, 5.41) is 14.9. The molecule has 1 unspecified atom stereocenters. The first-order chi connectivity index (χ1) is 15.4. The van der Waals surface area contributed by atoms with E-state index in [-0.39, 0.29) is 29.8 Å². The van der Waals surface area contributed by atoms with E-state index >= 15 is 0 Å². The third-order valence-electron chi connectivity index (χ3n) is 5.33. The molecule has 0 radical (unpaired) electrons. The van der Waals surface area contributed by atoms with Crippen LogP contribution in [0.1, 0.15) is 49.8 Å². The Morgan fingerprint density at radius 1 is 1.22 bits per heavy atom. The molecule has 1 N–H and O–H groups in total. The van der Waals surface area contributed by atoms with Gasteiger partial charge >= 0.3 is 0 Å². The van der Waals surface area contributed by atoms with Gasteiger partial charge in [-0.3, -0.25) is 19.7 Å². The molecule has 0 fully saturated rings. The summed E-state index contributed by atoms with van der Waals surface area (Å²) in [6.45, 7) is 2.81. The van der Waals surface area contributed by atoms with Crippen molar-refractivity contribution >= 4 is 40.9 Å². The maximum atomic E-state index is 13.3. The lowest BCUT2D eigenvalue weighted by Crippen LogP contribution is -2.43. The molecule has 2 amide bonds. The smallest absolute Gasteiger partial charge is 0.269 e. The van der Waals surface area contributed by atoms with Gasteiger partial charge in [0.05, 0.1) is 10.7 Å². The van der Waals surface area contributed by atoms with Gasteiger partial charge in [-0.2, -0.15) is 0 Å². The fourth-order valence-electron chi connectivity index (χ4n) is 3.64. The van der Waals surface area contributed by atoms with E-state index in [9.17, 15) is 19.7 Å². The molecule has 2 aromatic carbocycles. The highest BCUT2D eigenvalue weighted by molar-refractivity contribution is 8.00. The van der Waals surface area contributed by atoms with Gasteiger partial charge < -0.3 is 10.2 Å². The Morgan fingerprint density at radius 2 is 1.97 bits per heavy atom. The number of rotatable bonds is 9. The molecule has 0 spiro atoms. The van der Waals surface area contributed by atoms with Crippen LogP contribution in [0.25, 0.3) is 0 Å². The average Bonchev–Trinajstić information content (AvgIpc) is 2.91. The van der Waals surface area contributed by atoms with E-state index in [0.29, 0.717) is 22.0 Å². The number of unbranched alkanes of at least 4 members (excludes halogenated alkanes) is 3. The lowest BCUT2D eigenvalue weighted by atomic mass is 10.0. The number of benzene rings is 2. The molecule has 0 saturated heterocycles. The summed E-state index contributed by atoms with van der Waals surface area (Å²) in [4.78, 5) is 39.5. The second kappa shape index (κ2) is 11.3. The van der Waals surface area contributed by atoms with Crippen LogP contribution in [0.5, 0.6) is 0 Å². The topological polar surface area (TPSA) is 92.5 Å². The number of nitro groups is 1. The molecule has 0 saturated carbocycles. The summed E-state index contributed by atoms with van der Waals surface area (Å²) >= 11 is 7.28. The maximum absolute atomic E-state index is 13.3. The molecule has 3 rings (SSSR count). The number of thioether (sulfide) groups is 1. The van der Waals surface area contributed by atoms with Crippen LogP contribution in [-0.4, -0.2) is 33.9 Å². The zero-order chi connectivity index (χ0) is 23.1. The van der Waals surface area contributed by atoms with Crippen LogP contribution < -0.4 is 5.32 Å². The van der Waals surface area contributed by atoms with E-state index in [2.05, 4.69) is 12.2 Å². The number of nitrogens with one attached hydrogen (secondary N) is 1. The molecule has 0 aliphatic carbocycles. The van der Waals surface area contributed by atoms with Gasteiger partial charge in [0.25, 0.3) is 5.69 Å². The Hall–Kier alpha value is -2.58. The number of halogens is 1. The largest absolute Gasteiger partial charge is 0.354 e. The first-order valence-electron chi connectivity index (χ1n) is 10.6. The predicted octanol–water partition coefficient (Wildman–Crippen LogP) is 5.12. The van der Waals surface area contributed by atoms with Gasteiger partial charge in [-0.15, -0.1) is 11.8 Å². The number of amides is 2. The maximum Gasteiger partial charge on any atom is 0.269 e. The standard InChI is InChI=1S/C23H26ClN3O4S/c1-2-3-4-5-12-25-23(29)22-19-13-18(27(30)31)10-11-20(19)32-15-21(28)26(22)14-16-6-8-17(24)9-7-16/h6-11,13,22H,2-5,12,14-15H2,1H3,(H,25,29). The van der Waals surface area contributed by atoms with E-state index < -0.39 is 11.0 Å². The van der Waals surface area contributed by atoms with E-state index in [4.69, 9.17) is 11.6 Å². The number of fused-ring (bicyclic) bond motifs is 1. The zero-order valence-corrected chi connectivity index (χ0v) is 19.5. The molecule has 32 heavy (non-hydrogen) atoms. The van der Waals surface area contributed by atoms with Gasteiger partial charge in [0, 0.05) is 40.7 Å². The van der Waals surface area contributed by atoms with Gasteiger partial charge in [-0.05, 0) is 30.2 Å². The van der Waals surface area contributed by atoms with Crippen LogP contribution in [0.3, 0.4) is 0 Å². The molecular formula is C23H26ClN3O4S. The molecule has 0 bridgehead atoms. The lowest BCUT2D eigenvalue weighted by molar-refractivity contribution is -0.385. The minimum atomic E-state index is -0.950. The highest BCUT2D eigenvalue weighted by Crippen LogP contribution is 2.38. The Morgan fingerprint density at radius 3 is 2.66 bits per heavy atom. The molecule has 9 heteroatoms. The highest BCUT2D eigenvalue weighted by atomic mass is 35.5. The van der Waals surface area contributed by atoms with E-state index in [1.54, 1.807) is 18.2 Å². The highest BCUT2D eigenvalue weighted by Gasteiger charge is 2.36. The number of hydrogen-bond donors (Lipinski definition) is 1. The SMILES string of the molecule is CCCCCCNC(=O)C1c2cc([N+](=O)[O-])ccc2SCC(=O)N1Cc1ccc(Cl)cc1. The molecule has 170 valence electrons. The van der Waals surface area contributed by atoms with Crippen LogP contribution in [0, 0.1) is 10.1 Å². The predicted molar refractivity (Wildman–Crippen MR) is 126 cm³/mol. The fraction of sp³-hybridized carbons (Fsp3) is 0.391. The number of carbonyl (C=O) groups excluding carboxylic acids is 2. The summed E-state index contributed by atoms with van der Waals surface area (Å²) in [7, 11) is 0. The van der Waals surface area contributed by atoms with Crippen molar-refractivity contribution in [2.75, 3.05) is 12.3 Å². The summed E-state index contributed by atoms with van der Waals surface area (Å²) in [5.74, 6) is -0.374. The van der Waals surface area contributed by atoms with Crippen LogP contribution in [0.4, 0.5) is 5.69 Å². The van der Waals surface area contributed by atoms with Crippen molar-refractivity contribution < 1.29 is 14.5 Å². The van der Waals surface area contributed by atoms with E-state index in [0.717, 1.165) is 31.2 Å². The molecule has 0 aromatic heterocycles. The third-order valence-corrected chi connectivity index (χ3v) is 6.65. The van der Waals surface area contributed by atoms with Crippen LogP contribution >= 0.6 is 23.4 Å². The summed E-state index contributed by atoms with van der Waals surface area (Å²) < 4.78 is 0. The second-order valence-corrected chi connectivity index (χ2v) is 9.12. The van der Waals surface area contributed by atoms with Crippen molar-refractivity contribution in [3.63, 3.8) is 0 Å². The Bertz CT molecular complexity index is 984. The summed E-state index contributed by atoms with van der Waals surface area (Å²) in [6.07, 6.45) is 4.03. The number of carbonyl (C=O) groups is 2. The number of nitro benzene ring substituents is 1. The minimum absolute atomic E-state index is 0.106. The molecule has 1 atom stereocenters. The van der Waals surface area contributed by atoms with Crippen molar-refractivity contribution in [3.8, 4) is 0 Å². The van der Waals surface area contributed by atoms with Gasteiger partial charge in [0.1, 0.15) is 6.04 Å². The number of nitrogens with zero attached hydrogens (tertiary/aromatic N) is 2. The van der Waals surface area contributed by atoms with E-state index in [1.165, 1.54) is 28.8 Å². The molecule has 1 aliphatic heterocycles. The first-order valence-corrected chi connectivity index (χ1v) is 12.0. The zero-order valence-electron chi connectivity index (χ0n) is 17.9. The molecule has 1 aliphatic rings.